The molecule has 0 bridgehead atoms. The molecule has 0 aliphatic heterocycles. The maximum absolute atomic E-state index is 11.9. The molecule has 3 N–H and O–H groups in total. The minimum Gasteiger partial charge on any atom is -0.393 e. The molecule has 0 aliphatic carbocycles. The van der Waals surface area contributed by atoms with Gasteiger partial charge in [-0.3, -0.25) is 0 Å². The van der Waals surface area contributed by atoms with E-state index >= 15 is 0 Å². The van der Waals surface area contributed by atoms with Gasteiger partial charge in [-0.25, -0.2) is 13.1 Å². The average Bonchev–Trinajstić information content (AvgIpc) is 2.56. The van der Waals surface area contributed by atoms with Crippen LogP contribution in [0.15, 0.2) is 14.1 Å². The van der Waals surface area contributed by atoms with Gasteiger partial charge in [-0.2, -0.15) is 0 Å². The van der Waals surface area contributed by atoms with Crippen LogP contribution in [0.5, 0.6) is 0 Å². The monoisotopic (exact) mass is 376 g/mol. The fourth-order valence-corrected chi connectivity index (χ4v) is 4.52. The van der Waals surface area contributed by atoms with Gasteiger partial charge in [0.05, 0.1) is 13.8 Å². The summed E-state index contributed by atoms with van der Waals surface area (Å²) in [6, 6.07) is 1.39. The quantitative estimate of drug-likeness (QED) is 0.773. The first-order valence-corrected chi connectivity index (χ1v) is 8.35. The molecule has 1 unspecified atom stereocenters. The predicted octanol–water partition coefficient (Wildman–Crippen LogP) is 2.36. The standard InChI is InChI=1S/C8H10BrClN2O2S3/c1-4(8(11)15)3-12-17(13,14)6-2-5(10)7(9)16-6/h2,4,12H,3H2,1H3,(H2,11,15). The lowest BCUT2D eigenvalue weighted by Gasteiger charge is -2.10. The molecule has 1 aromatic heterocycles. The number of hydrogen-bond acceptors (Lipinski definition) is 4. The normalized spacial score (nSPS) is 13.6. The number of thiocarbonyl (C=S) groups is 1. The number of halogens is 2. The number of nitrogens with two attached hydrogens (primary N) is 1. The van der Waals surface area contributed by atoms with Gasteiger partial charge in [0, 0.05) is 12.5 Å². The highest BCUT2D eigenvalue weighted by atomic mass is 79.9. The van der Waals surface area contributed by atoms with Gasteiger partial charge in [0.15, 0.2) is 0 Å². The molecular formula is C8H10BrClN2O2S3. The van der Waals surface area contributed by atoms with Crippen molar-refractivity contribution in [3.8, 4) is 0 Å². The van der Waals surface area contributed by atoms with Gasteiger partial charge in [-0.15, -0.1) is 11.3 Å². The third-order valence-electron chi connectivity index (χ3n) is 1.95. The summed E-state index contributed by atoms with van der Waals surface area (Å²) in [6.07, 6.45) is 0. The zero-order chi connectivity index (χ0) is 13.2. The van der Waals surface area contributed by atoms with Crippen molar-refractivity contribution in [3.63, 3.8) is 0 Å². The van der Waals surface area contributed by atoms with Crippen molar-refractivity contribution in [2.45, 2.75) is 11.1 Å². The summed E-state index contributed by atoms with van der Waals surface area (Å²) in [5, 5.41) is 0.373. The average molecular weight is 378 g/mol. The first-order valence-electron chi connectivity index (χ1n) is 4.48. The van der Waals surface area contributed by atoms with E-state index in [4.69, 9.17) is 29.6 Å². The van der Waals surface area contributed by atoms with Gasteiger partial charge in [-0.05, 0) is 22.0 Å². The Balaban J connectivity index is 2.79. The molecule has 1 atom stereocenters. The van der Waals surface area contributed by atoms with Crippen molar-refractivity contribution < 1.29 is 8.42 Å². The van der Waals surface area contributed by atoms with Gasteiger partial charge in [0.25, 0.3) is 0 Å². The fraction of sp³-hybridized carbons (Fsp3) is 0.375. The SMILES string of the molecule is CC(CNS(=O)(=O)c1cc(Cl)c(Br)s1)C(N)=S. The van der Waals surface area contributed by atoms with Gasteiger partial charge in [-0.1, -0.05) is 30.7 Å². The molecule has 0 saturated heterocycles. The van der Waals surface area contributed by atoms with E-state index in [1.165, 1.54) is 6.07 Å². The van der Waals surface area contributed by atoms with E-state index in [1.54, 1.807) is 6.92 Å². The van der Waals surface area contributed by atoms with Crippen molar-refractivity contribution in [1.29, 1.82) is 0 Å². The molecule has 96 valence electrons. The van der Waals surface area contributed by atoms with Crippen LogP contribution in [0.25, 0.3) is 0 Å². The largest absolute Gasteiger partial charge is 0.393 e. The lowest BCUT2D eigenvalue weighted by atomic mass is 10.2. The summed E-state index contributed by atoms with van der Waals surface area (Å²) in [5.74, 6) is -0.196. The third-order valence-corrected chi connectivity index (χ3v) is 6.73. The van der Waals surface area contributed by atoms with Gasteiger partial charge in [0.2, 0.25) is 10.0 Å². The van der Waals surface area contributed by atoms with Gasteiger partial charge < -0.3 is 5.73 Å². The molecule has 0 aliphatic rings. The molecule has 0 aromatic carbocycles. The van der Waals surface area contributed by atoms with Crippen molar-refractivity contribution in [3.05, 3.63) is 14.9 Å². The minimum absolute atomic E-state index is 0.157. The second-order valence-corrected chi connectivity index (χ2v) is 8.58. The van der Waals surface area contributed by atoms with Crippen molar-refractivity contribution in [1.82, 2.24) is 4.72 Å². The summed E-state index contributed by atoms with van der Waals surface area (Å²) in [5.41, 5.74) is 5.40. The molecule has 0 amide bonds. The molecule has 1 heterocycles. The number of nitrogens with one attached hydrogen (secondary N) is 1. The summed E-state index contributed by atoms with van der Waals surface area (Å²) in [7, 11) is -3.55. The van der Waals surface area contributed by atoms with Crippen LogP contribution in [0.2, 0.25) is 5.02 Å². The van der Waals surface area contributed by atoms with E-state index in [-0.39, 0.29) is 21.7 Å². The molecule has 4 nitrogen and oxygen atoms in total. The molecule has 0 saturated carbocycles. The van der Waals surface area contributed by atoms with Crippen LogP contribution >= 0.6 is 51.1 Å². The highest BCUT2D eigenvalue weighted by Gasteiger charge is 2.20. The Morgan fingerprint density at radius 3 is 2.76 bits per heavy atom. The second kappa shape index (κ2) is 5.94. The van der Waals surface area contributed by atoms with Crippen molar-refractivity contribution >= 4 is 66.1 Å². The Hall–Kier alpha value is 0.270. The van der Waals surface area contributed by atoms with Crippen LogP contribution in [0, 0.1) is 5.92 Å². The lowest BCUT2D eigenvalue weighted by Crippen LogP contribution is -2.33. The van der Waals surface area contributed by atoms with E-state index in [0.29, 0.717) is 8.81 Å². The molecule has 0 fully saturated rings. The van der Waals surface area contributed by atoms with E-state index in [0.717, 1.165) is 11.3 Å². The Labute approximate surface area is 123 Å². The Bertz CT molecular complexity index is 509. The number of sulfonamides is 1. The highest BCUT2D eigenvalue weighted by molar-refractivity contribution is 9.11. The van der Waals surface area contributed by atoms with Crippen LogP contribution in [0.3, 0.4) is 0 Å². The van der Waals surface area contributed by atoms with Gasteiger partial charge >= 0.3 is 0 Å². The number of rotatable bonds is 5. The maximum Gasteiger partial charge on any atom is 0.250 e. The Kier molecular flexibility index (Phi) is 5.36. The summed E-state index contributed by atoms with van der Waals surface area (Å²) >= 11 is 14.8. The first-order chi connectivity index (χ1) is 7.74. The van der Waals surface area contributed by atoms with Gasteiger partial charge in [0.1, 0.15) is 4.21 Å². The molecule has 1 rings (SSSR count). The summed E-state index contributed by atoms with van der Waals surface area (Å²) in [6.45, 7) is 1.92. The van der Waals surface area contributed by atoms with Crippen molar-refractivity contribution in [2.75, 3.05) is 6.54 Å². The molecular weight excluding hydrogens is 368 g/mol. The molecule has 9 heteroatoms. The van der Waals surface area contributed by atoms with Crippen LogP contribution in [-0.4, -0.2) is 20.0 Å². The molecule has 1 aromatic rings. The lowest BCUT2D eigenvalue weighted by molar-refractivity contribution is 0.577. The van der Waals surface area contributed by atoms with Crippen LogP contribution in [0.1, 0.15) is 6.92 Å². The highest BCUT2D eigenvalue weighted by Crippen LogP contribution is 2.34. The maximum atomic E-state index is 11.9. The molecule has 0 radical (unpaired) electrons. The first kappa shape index (κ1) is 15.3. The summed E-state index contributed by atoms with van der Waals surface area (Å²) in [4.78, 5) is 0.276. The van der Waals surface area contributed by atoms with Crippen LogP contribution < -0.4 is 10.5 Å². The zero-order valence-electron chi connectivity index (χ0n) is 8.74. The van der Waals surface area contributed by atoms with Crippen LogP contribution in [0.4, 0.5) is 0 Å². The predicted molar refractivity (Wildman–Crippen MR) is 78.2 cm³/mol. The molecule has 17 heavy (non-hydrogen) atoms. The van der Waals surface area contributed by atoms with E-state index in [2.05, 4.69) is 20.7 Å². The topological polar surface area (TPSA) is 72.2 Å². The zero-order valence-corrected chi connectivity index (χ0v) is 13.5. The number of thiophene rings is 1. The third kappa shape index (κ3) is 4.15. The van der Waals surface area contributed by atoms with E-state index in [1.807, 2.05) is 0 Å². The smallest absolute Gasteiger partial charge is 0.250 e. The molecule has 0 spiro atoms. The Morgan fingerprint density at radius 1 is 1.76 bits per heavy atom. The minimum atomic E-state index is -3.55. The fourth-order valence-electron chi connectivity index (χ4n) is 0.866. The summed E-state index contributed by atoms with van der Waals surface area (Å²) < 4.78 is 26.9. The second-order valence-electron chi connectivity index (χ2n) is 3.34. The van der Waals surface area contributed by atoms with Crippen LogP contribution in [-0.2, 0) is 10.0 Å². The Morgan fingerprint density at radius 2 is 2.35 bits per heavy atom. The van der Waals surface area contributed by atoms with E-state index < -0.39 is 10.0 Å². The van der Waals surface area contributed by atoms with E-state index in [9.17, 15) is 8.42 Å². The number of hydrogen-bond donors (Lipinski definition) is 2. The van der Waals surface area contributed by atoms with Crippen molar-refractivity contribution in [2.24, 2.45) is 11.7 Å².